The molecule has 0 amide bonds. The smallest absolute Gasteiger partial charge is 0.0379 e. The standard InChI is InChI=1S/C20H17FN.C18H14N.Ir/c1-20(2,16-6-4-3-5-7-16)17-12-13-22-19(14-17)15-8-10-18(21)11-9-15;1-14-13-19-18(16-10-6-3-7-11-16)12-17(14)15-8-4-2-5-9-15;/h3-8,10-14H,1-2H3;2-10,12-13H,1H3;/q2*-1;. The zero-order chi connectivity index (χ0) is 28.7. The average molecular weight is 727 g/mol. The van der Waals surface area contributed by atoms with Crippen molar-refractivity contribution in [3.8, 4) is 33.6 Å². The fraction of sp³-hybridized carbons (Fsp3) is 0.105. The van der Waals surface area contributed by atoms with Crippen LogP contribution in [0.15, 0.2) is 134 Å². The van der Waals surface area contributed by atoms with E-state index < -0.39 is 0 Å². The molecule has 0 saturated carbocycles. The predicted molar refractivity (Wildman–Crippen MR) is 166 cm³/mol. The van der Waals surface area contributed by atoms with E-state index in [4.69, 9.17) is 0 Å². The van der Waals surface area contributed by atoms with Gasteiger partial charge in [-0.2, -0.15) is 0 Å². The summed E-state index contributed by atoms with van der Waals surface area (Å²) in [6.07, 6.45) is 3.73. The first-order chi connectivity index (χ1) is 19.9. The summed E-state index contributed by atoms with van der Waals surface area (Å²) in [5.41, 5.74) is 9.52. The van der Waals surface area contributed by atoms with E-state index in [0.717, 1.165) is 22.5 Å². The number of benzene rings is 4. The van der Waals surface area contributed by atoms with Gasteiger partial charge in [-0.25, -0.2) is 0 Å². The number of pyridine rings is 2. The van der Waals surface area contributed by atoms with Gasteiger partial charge in [-0.3, -0.25) is 4.39 Å². The molecule has 2 nitrogen and oxygen atoms in total. The number of aryl methyl sites for hydroxylation is 1. The minimum absolute atomic E-state index is 0. The normalized spacial score (nSPS) is 10.7. The number of halogens is 1. The van der Waals surface area contributed by atoms with Crippen LogP contribution in [0.4, 0.5) is 4.39 Å². The molecule has 4 aromatic carbocycles. The average Bonchev–Trinajstić information content (AvgIpc) is 3.03. The number of hydrogen-bond acceptors (Lipinski definition) is 2. The first-order valence-corrected chi connectivity index (χ1v) is 13.6. The quantitative estimate of drug-likeness (QED) is 0.166. The second-order valence-electron chi connectivity index (χ2n) is 10.4. The SMILES string of the molecule is CC(C)(c1ccccc1)c1ccnc(-c2[c-]cc(F)cc2)c1.Cc1cnc(-c2[c-]cccc2)cc1-c1ccccc1.[Ir]. The van der Waals surface area contributed by atoms with Gasteiger partial charge in [0.25, 0.3) is 0 Å². The molecule has 6 rings (SSSR count). The van der Waals surface area contributed by atoms with Gasteiger partial charge in [0, 0.05) is 43.7 Å². The van der Waals surface area contributed by atoms with E-state index in [-0.39, 0.29) is 31.3 Å². The van der Waals surface area contributed by atoms with E-state index in [1.54, 1.807) is 12.3 Å². The van der Waals surface area contributed by atoms with Gasteiger partial charge in [-0.1, -0.05) is 86.6 Å². The summed E-state index contributed by atoms with van der Waals surface area (Å²) in [4.78, 5) is 8.90. The van der Waals surface area contributed by atoms with Crippen LogP contribution in [0.25, 0.3) is 33.6 Å². The van der Waals surface area contributed by atoms with Crippen LogP contribution in [-0.4, -0.2) is 9.97 Å². The van der Waals surface area contributed by atoms with Crippen LogP contribution in [0.2, 0.25) is 0 Å². The first kappa shape index (κ1) is 30.7. The maximum Gasteiger partial charge on any atom is 0.0379 e. The molecule has 0 aliphatic carbocycles. The molecule has 0 spiro atoms. The summed E-state index contributed by atoms with van der Waals surface area (Å²) in [5.74, 6) is -0.287. The Labute approximate surface area is 261 Å². The van der Waals surface area contributed by atoms with E-state index in [1.807, 2.05) is 60.8 Å². The van der Waals surface area contributed by atoms with Crippen molar-refractivity contribution in [2.24, 2.45) is 0 Å². The van der Waals surface area contributed by atoms with E-state index in [0.29, 0.717) is 0 Å². The number of hydrogen-bond donors (Lipinski definition) is 0. The van der Waals surface area contributed by atoms with Crippen LogP contribution in [0.3, 0.4) is 0 Å². The first-order valence-electron chi connectivity index (χ1n) is 13.6. The van der Waals surface area contributed by atoms with Crippen molar-refractivity contribution in [2.75, 3.05) is 0 Å². The van der Waals surface area contributed by atoms with E-state index in [1.165, 1.54) is 39.9 Å². The van der Waals surface area contributed by atoms with Crippen molar-refractivity contribution in [2.45, 2.75) is 26.2 Å². The van der Waals surface area contributed by atoms with Gasteiger partial charge in [0.2, 0.25) is 0 Å². The number of nitrogens with zero attached hydrogens (tertiary/aromatic N) is 2. The van der Waals surface area contributed by atoms with Crippen molar-refractivity contribution in [1.82, 2.24) is 9.97 Å². The van der Waals surface area contributed by atoms with Crippen LogP contribution in [-0.2, 0) is 25.5 Å². The molecule has 0 aliphatic rings. The maximum atomic E-state index is 13.0. The Bertz CT molecular complexity index is 1700. The van der Waals surface area contributed by atoms with Crippen LogP contribution in [0.1, 0.15) is 30.5 Å². The fourth-order valence-corrected chi connectivity index (χ4v) is 4.71. The van der Waals surface area contributed by atoms with Gasteiger partial charge in [0.1, 0.15) is 0 Å². The maximum absolute atomic E-state index is 13.0. The molecule has 2 heterocycles. The number of rotatable bonds is 5. The molecular formula is C38H31FIrN2-2. The van der Waals surface area contributed by atoms with Gasteiger partial charge in [-0.15, -0.1) is 65.7 Å². The second kappa shape index (κ2) is 14.1. The molecule has 0 saturated heterocycles. The summed E-state index contributed by atoms with van der Waals surface area (Å²) >= 11 is 0. The third-order valence-electron chi connectivity index (χ3n) is 7.20. The predicted octanol–water partition coefficient (Wildman–Crippen LogP) is 9.54. The van der Waals surface area contributed by atoms with Crippen LogP contribution in [0, 0.1) is 24.9 Å². The summed E-state index contributed by atoms with van der Waals surface area (Å²) in [6, 6.07) is 45.6. The Morgan fingerprint density at radius 2 is 1.33 bits per heavy atom. The summed E-state index contributed by atoms with van der Waals surface area (Å²) in [5, 5.41) is 0. The molecule has 6 aromatic rings. The Morgan fingerprint density at radius 3 is 2.00 bits per heavy atom. The second-order valence-corrected chi connectivity index (χ2v) is 10.4. The molecule has 1 radical (unpaired) electrons. The van der Waals surface area contributed by atoms with Crippen LogP contribution in [0.5, 0.6) is 0 Å². The molecule has 0 fully saturated rings. The summed E-state index contributed by atoms with van der Waals surface area (Å²) in [7, 11) is 0. The van der Waals surface area contributed by atoms with Gasteiger partial charge in [-0.05, 0) is 52.2 Å². The van der Waals surface area contributed by atoms with Gasteiger partial charge >= 0.3 is 0 Å². The van der Waals surface area contributed by atoms with Crippen molar-refractivity contribution in [3.05, 3.63) is 168 Å². The Balaban J connectivity index is 0.000000190. The van der Waals surface area contributed by atoms with Crippen molar-refractivity contribution in [1.29, 1.82) is 0 Å². The molecule has 2 aromatic heterocycles. The van der Waals surface area contributed by atoms with Crippen molar-refractivity contribution in [3.63, 3.8) is 0 Å². The summed E-state index contributed by atoms with van der Waals surface area (Å²) < 4.78 is 13.0. The van der Waals surface area contributed by atoms with E-state index in [9.17, 15) is 4.39 Å². The largest absolute Gasteiger partial charge is 0.305 e. The molecule has 42 heavy (non-hydrogen) atoms. The van der Waals surface area contributed by atoms with Crippen molar-refractivity contribution < 1.29 is 24.5 Å². The molecule has 0 aliphatic heterocycles. The van der Waals surface area contributed by atoms with Gasteiger partial charge in [0.05, 0.1) is 0 Å². The molecule has 4 heteroatoms. The molecule has 0 N–H and O–H groups in total. The zero-order valence-corrected chi connectivity index (χ0v) is 26.2. The van der Waals surface area contributed by atoms with Crippen LogP contribution >= 0.6 is 0 Å². The zero-order valence-electron chi connectivity index (χ0n) is 23.8. The Hall–Kier alpha value is -4.24. The van der Waals surface area contributed by atoms with Gasteiger partial charge in [0.15, 0.2) is 0 Å². The topological polar surface area (TPSA) is 25.8 Å². The Kier molecular flexibility index (Phi) is 10.3. The third kappa shape index (κ3) is 7.33. The Morgan fingerprint density at radius 1 is 0.667 bits per heavy atom. The molecule has 0 bridgehead atoms. The minimum Gasteiger partial charge on any atom is -0.305 e. The summed E-state index contributed by atoms with van der Waals surface area (Å²) in [6.45, 7) is 6.47. The van der Waals surface area contributed by atoms with E-state index >= 15 is 0 Å². The van der Waals surface area contributed by atoms with Gasteiger partial charge < -0.3 is 9.97 Å². The monoisotopic (exact) mass is 727 g/mol. The third-order valence-corrected chi connectivity index (χ3v) is 7.20. The number of aromatic nitrogens is 2. The van der Waals surface area contributed by atoms with E-state index in [2.05, 4.69) is 91.4 Å². The molecular weight excluding hydrogens is 696 g/mol. The molecule has 0 atom stereocenters. The van der Waals surface area contributed by atoms with Crippen molar-refractivity contribution >= 4 is 0 Å². The molecule has 0 unspecified atom stereocenters. The molecule has 211 valence electrons. The van der Waals surface area contributed by atoms with Crippen LogP contribution < -0.4 is 0 Å². The minimum atomic E-state index is -0.287. The fourth-order valence-electron chi connectivity index (χ4n) is 4.71.